The van der Waals surface area contributed by atoms with E-state index < -0.39 is 5.60 Å². The van der Waals surface area contributed by atoms with Crippen molar-refractivity contribution >= 4 is 0 Å². The lowest BCUT2D eigenvalue weighted by molar-refractivity contribution is -0.0133. The molecule has 104 valence electrons. The highest BCUT2D eigenvalue weighted by molar-refractivity contribution is 5.48. The van der Waals surface area contributed by atoms with E-state index in [0.717, 1.165) is 29.7 Å². The third-order valence-electron chi connectivity index (χ3n) is 4.89. The van der Waals surface area contributed by atoms with Crippen LogP contribution in [0.15, 0.2) is 12.1 Å². The number of benzene rings is 1. The normalized spacial score (nSPS) is 33.5. The van der Waals surface area contributed by atoms with E-state index in [1.165, 1.54) is 18.4 Å². The fraction of sp³-hybridized carbons (Fsp3) is 0.625. The van der Waals surface area contributed by atoms with E-state index in [4.69, 9.17) is 4.74 Å². The van der Waals surface area contributed by atoms with Crippen LogP contribution in [-0.4, -0.2) is 24.3 Å². The topological polar surface area (TPSA) is 41.5 Å². The number of methoxy groups -OCH3 is 1. The molecule has 2 aliphatic rings. The van der Waals surface area contributed by atoms with E-state index in [1.807, 2.05) is 6.07 Å². The molecule has 19 heavy (non-hydrogen) atoms. The summed E-state index contributed by atoms with van der Waals surface area (Å²) in [5, 5.41) is 14.7. The first-order valence-electron chi connectivity index (χ1n) is 7.16. The Morgan fingerprint density at radius 3 is 2.42 bits per heavy atom. The first kappa shape index (κ1) is 12.9. The summed E-state index contributed by atoms with van der Waals surface area (Å²) in [5.74, 6) is 0.865. The number of hydrogen-bond donors (Lipinski definition) is 2. The van der Waals surface area contributed by atoms with Gasteiger partial charge in [-0.1, -0.05) is 12.1 Å². The van der Waals surface area contributed by atoms with Crippen LogP contribution in [0.2, 0.25) is 0 Å². The van der Waals surface area contributed by atoms with Crippen molar-refractivity contribution in [2.24, 2.45) is 0 Å². The monoisotopic (exact) mass is 261 g/mol. The van der Waals surface area contributed by atoms with Crippen LogP contribution in [0, 0.1) is 13.8 Å². The van der Waals surface area contributed by atoms with Crippen LogP contribution in [0.1, 0.15) is 42.4 Å². The molecule has 2 aliphatic heterocycles. The summed E-state index contributed by atoms with van der Waals surface area (Å²) in [6.45, 7) is 4.15. The molecule has 1 aromatic carbocycles. The number of aliphatic hydroxyl groups is 1. The van der Waals surface area contributed by atoms with Crippen molar-refractivity contribution in [2.45, 2.75) is 57.2 Å². The second-order valence-corrected chi connectivity index (χ2v) is 6.17. The third kappa shape index (κ3) is 2.05. The highest BCUT2D eigenvalue weighted by Gasteiger charge is 2.44. The molecule has 0 aromatic heterocycles. The molecule has 3 heteroatoms. The molecule has 2 bridgehead atoms. The Kier molecular flexibility index (Phi) is 3.06. The molecular formula is C16H23NO2. The summed E-state index contributed by atoms with van der Waals surface area (Å²) >= 11 is 0. The second-order valence-electron chi connectivity index (χ2n) is 6.17. The van der Waals surface area contributed by atoms with Gasteiger partial charge in [0.1, 0.15) is 5.75 Å². The zero-order chi connectivity index (χ0) is 13.6. The van der Waals surface area contributed by atoms with Crippen LogP contribution >= 0.6 is 0 Å². The molecule has 2 unspecified atom stereocenters. The summed E-state index contributed by atoms with van der Waals surface area (Å²) in [4.78, 5) is 0. The number of hydrogen-bond acceptors (Lipinski definition) is 3. The van der Waals surface area contributed by atoms with E-state index >= 15 is 0 Å². The lowest BCUT2D eigenvalue weighted by Crippen LogP contribution is -2.46. The fourth-order valence-electron chi connectivity index (χ4n) is 3.76. The van der Waals surface area contributed by atoms with Gasteiger partial charge in [-0.2, -0.15) is 0 Å². The van der Waals surface area contributed by atoms with Crippen molar-refractivity contribution in [3.05, 3.63) is 28.8 Å². The predicted molar refractivity (Wildman–Crippen MR) is 75.5 cm³/mol. The maximum atomic E-state index is 11.1. The van der Waals surface area contributed by atoms with Crippen LogP contribution in [0.4, 0.5) is 0 Å². The number of aryl methyl sites for hydroxylation is 1. The van der Waals surface area contributed by atoms with Crippen molar-refractivity contribution in [1.82, 2.24) is 5.32 Å². The maximum absolute atomic E-state index is 11.1. The summed E-state index contributed by atoms with van der Waals surface area (Å²) in [5.41, 5.74) is 2.58. The number of rotatable bonds is 2. The quantitative estimate of drug-likeness (QED) is 0.859. The molecule has 0 radical (unpaired) electrons. The average molecular weight is 261 g/mol. The first-order valence-corrected chi connectivity index (χ1v) is 7.16. The third-order valence-corrected chi connectivity index (χ3v) is 4.89. The van der Waals surface area contributed by atoms with E-state index in [2.05, 4.69) is 25.2 Å². The lowest BCUT2D eigenvalue weighted by Gasteiger charge is -2.38. The largest absolute Gasteiger partial charge is 0.496 e. The summed E-state index contributed by atoms with van der Waals surface area (Å²) in [6.07, 6.45) is 3.95. The summed E-state index contributed by atoms with van der Waals surface area (Å²) in [6, 6.07) is 5.05. The van der Waals surface area contributed by atoms with Gasteiger partial charge in [-0.3, -0.25) is 0 Å². The molecule has 2 N–H and O–H groups in total. The summed E-state index contributed by atoms with van der Waals surface area (Å²) < 4.78 is 5.59. The highest BCUT2D eigenvalue weighted by Crippen LogP contribution is 2.45. The molecule has 0 aliphatic carbocycles. The van der Waals surface area contributed by atoms with Crippen molar-refractivity contribution < 1.29 is 9.84 Å². The SMILES string of the molecule is COc1c(C2(O)CC3CCC(C2)N3)ccc(C)c1C. The minimum atomic E-state index is -0.735. The Morgan fingerprint density at radius 1 is 1.21 bits per heavy atom. The van der Waals surface area contributed by atoms with Crippen LogP contribution in [0.25, 0.3) is 0 Å². The van der Waals surface area contributed by atoms with Gasteiger partial charge in [0.25, 0.3) is 0 Å². The lowest BCUT2D eigenvalue weighted by atomic mass is 9.80. The van der Waals surface area contributed by atoms with E-state index in [9.17, 15) is 5.11 Å². The molecule has 3 rings (SSSR count). The Bertz CT molecular complexity index is 486. The molecule has 0 saturated carbocycles. The van der Waals surface area contributed by atoms with Gasteiger partial charge in [0.15, 0.2) is 0 Å². The van der Waals surface area contributed by atoms with Gasteiger partial charge in [0.2, 0.25) is 0 Å². The van der Waals surface area contributed by atoms with E-state index in [0.29, 0.717) is 12.1 Å². The average Bonchev–Trinajstić information content (AvgIpc) is 2.72. The maximum Gasteiger partial charge on any atom is 0.128 e. The Morgan fingerprint density at radius 2 is 1.84 bits per heavy atom. The van der Waals surface area contributed by atoms with Crippen molar-refractivity contribution in [3.63, 3.8) is 0 Å². The van der Waals surface area contributed by atoms with Gasteiger partial charge < -0.3 is 15.2 Å². The zero-order valence-electron chi connectivity index (χ0n) is 12.0. The zero-order valence-corrected chi connectivity index (χ0v) is 12.0. The summed E-state index contributed by atoms with van der Waals surface area (Å²) in [7, 11) is 1.70. The van der Waals surface area contributed by atoms with Crippen LogP contribution < -0.4 is 10.1 Å². The predicted octanol–water partition coefficient (Wildman–Crippen LogP) is 2.41. The standard InChI is InChI=1S/C16H23NO2/c1-10-4-7-14(15(19-3)11(10)2)16(18)8-12-5-6-13(9-16)17-12/h4,7,12-13,17-18H,5-6,8-9H2,1-3H3. The van der Waals surface area contributed by atoms with Crippen molar-refractivity contribution in [1.29, 1.82) is 0 Å². The molecule has 2 heterocycles. The van der Waals surface area contributed by atoms with Gasteiger partial charge in [-0.15, -0.1) is 0 Å². The second kappa shape index (κ2) is 4.50. The molecular weight excluding hydrogens is 238 g/mol. The van der Waals surface area contributed by atoms with Gasteiger partial charge in [-0.05, 0) is 50.7 Å². The Hall–Kier alpha value is -1.06. The van der Waals surface area contributed by atoms with Gasteiger partial charge in [-0.25, -0.2) is 0 Å². The Balaban J connectivity index is 2.04. The minimum Gasteiger partial charge on any atom is -0.496 e. The minimum absolute atomic E-state index is 0.454. The molecule has 2 saturated heterocycles. The molecule has 0 amide bonds. The van der Waals surface area contributed by atoms with Crippen LogP contribution in [0.3, 0.4) is 0 Å². The molecule has 2 atom stereocenters. The van der Waals surface area contributed by atoms with E-state index in [1.54, 1.807) is 7.11 Å². The fourth-order valence-corrected chi connectivity index (χ4v) is 3.76. The molecule has 1 aromatic rings. The number of ether oxygens (including phenoxy) is 1. The highest BCUT2D eigenvalue weighted by atomic mass is 16.5. The molecule has 2 fully saturated rings. The Labute approximate surface area is 115 Å². The number of nitrogens with one attached hydrogen (secondary N) is 1. The molecule has 0 spiro atoms. The van der Waals surface area contributed by atoms with Gasteiger partial charge in [0, 0.05) is 17.6 Å². The molecule has 3 nitrogen and oxygen atoms in total. The smallest absolute Gasteiger partial charge is 0.128 e. The van der Waals surface area contributed by atoms with Crippen molar-refractivity contribution in [3.8, 4) is 5.75 Å². The number of piperidine rings is 1. The van der Waals surface area contributed by atoms with Crippen molar-refractivity contribution in [2.75, 3.05) is 7.11 Å². The van der Waals surface area contributed by atoms with E-state index in [-0.39, 0.29) is 0 Å². The first-order chi connectivity index (χ1) is 9.03. The number of fused-ring (bicyclic) bond motifs is 2. The van der Waals surface area contributed by atoms with Gasteiger partial charge >= 0.3 is 0 Å². The van der Waals surface area contributed by atoms with Gasteiger partial charge in [0.05, 0.1) is 12.7 Å². The van der Waals surface area contributed by atoms with Crippen LogP contribution in [-0.2, 0) is 5.60 Å². The van der Waals surface area contributed by atoms with Crippen LogP contribution in [0.5, 0.6) is 5.75 Å².